The highest BCUT2D eigenvalue weighted by atomic mass is 19.1. The van der Waals surface area contributed by atoms with Gasteiger partial charge in [0.05, 0.1) is 0 Å². The van der Waals surface area contributed by atoms with Gasteiger partial charge in [-0.15, -0.1) is 0 Å². The second-order valence-electron chi connectivity index (χ2n) is 4.84. The molecule has 0 bridgehead atoms. The Bertz CT molecular complexity index is 390. The first-order chi connectivity index (χ1) is 8.15. The lowest BCUT2D eigenvalue weighted by atomic mass is 9.88. The molecule has 92 valence electrons. The molecule has 0 heterocycles. The van der Waals surface area contributed by atoms with Crippen LogP contribution in [0.4, 0.5) is 10.1 Å². The summed E-state index contributed by atoms with van der Waals surface area (Å²) in [4.78, 5) is 12.0. The number of carbonyl (C=O) groups is 1. The molecule has 1 aliphatic carbocycles. The molecule has 1 amide bonds. The van der Waals surface area contributed by atoms with E-state index in [1.54, 1.807) is 6.07 Å². The highest BCUT2D eigenvalue weighted by Gasteiger charge is 2.21. The van der Waals surface area contributed by atoms with Gasteiger partial charge in [-0.05, 0) is 43.5 Å². The summed E-state index contributed by atoms with van der Waals surface area (Å²) in [6.07, 6.45) is 5.39. The van der Waals surface area contributed by atoms with E-state index in [1.807, 2.05) is 6.92 Å². The SMILES string of the molecule is Cc1cc(F)cc(NC(=O)C2CCCCC2)c1. The summed E-state index contributed by atoms with van der Waals surface area (Å²) in [5.74, 6) is -0.161. The van der Waals surface area contributed by atoms with Gasteiger partial charge in [-0.2, -0.15) is 0 Å². The van der Waals surface area contributed by atoms with Gasteiger partial charge in [-0.3, -0.25) is 4.79 Å². The van der Waals surface area contributed by atoms with Crippen molar-refractivity contribution in [3.8, 4) is 0 Å². The van der Waals surface area contributed by atoms with E-state index in [0.29, 0.717) is 5.69 Å². The number of rotatable bonds is 2. The Kier molecular flexibility index (Phi) is 3.77. The zero-order valence-electron chi connectivity index (χ0n) is 10.1. The van der Waals surface area contributed by atoms with E-state index >= 15 is 0 Å². The molecule has 1 aliphatic rings. The summed E-state index contributed by atoms with van der Waals surface area (Å²) < 4.78 is 13.2. The Morgan fingerprint density at radius 3 is 2.59 bits per heavy atom. The largest absolute Gasteiger partial charge is 0.326 e. The first-order valence-corrected chi connectivity index (χ1v) is 6.23. The first-order valence-electron chi connectivity index (χ1n) is 6.23. The Hall–Kier alpha value is -1.38. The minimum Gasteiger partial charge on any atom is -0.326 e. The molecule has 3 heteroatoms. The van der Waals surface area contributed by atoms with Crippen LogP contribution in [0.2, 0.25) is 0 Å². The van der Waals surface area contributed by atoms with Crippen molar-refractivity contribution in [2.75, 3.05) is 5.32 Å². The average Bonchev–Trinajstić information content (AvgIpc) is 2.28. The number of halogens is 1. The highest BCUT2D eigenvalue weighted by molar-refractivity contribution is 5.92. The van der Waals surface area contributed by atoms with Crippen LogP contribution < -0.4 is 5.32 Å². The minimum atomic E-state index is -0.302. The summed E-state index contributed by atoms with van der Waals surface area (Å²) in [5.41, 5.74) is 1.39. The van der Waals surface area contributed by atoms with Crippen LogP contribution in [-0.2, 0) is 4.79 Å². The third-order valence-corrected chi connectivity index (χ3v) is 3.29. The van der Waals surface area contributed by atoms with Crippen molar-refractivity contribution >= 4 is 11.6 Å². The van der Waals surface area contributed by atoms with Crippen LogP contribution in [0.15, 0.2) is 18.2 Å². The molecule has 1 N–H and O–H groups in total. The number of benzene rings is 1. The van der Waals surface area contributed by atoms with Crippen LogP contribution in [0.25, 0.3) is 0 Å². The molecular formula is C14H18FNO. The van der Waals surface area contributed by atoms with Crippen LogP contribution in [0.3, 0.4) is 0 Å². The van der Waals surface area contributed by atoms with Gasteiger partial charge in [0.15, 0.2) is 0 Å². The Morgan fingerprint density at radius 2 is 1.94 bits per heavy atom. The van der Waals surface area contributed by atoms with Gasteiger partial charge in [-0.25, -0.2) is 4.39 Å². The molecule has 1 aromatic rings. The summed E-state index contributed by atoms with van der Waals surface area (Å²) >= 11 is 0. The lowest BCUT2D eigenvalue weighted by Crippen LogP contribution is -2.24. The average molecular weight is 235 g/mol. The second-order valence-corrected chi connectivity index (χ2v) is 4.84. The van der Waals surface area contributed by atoms with E-state index in [2.05, 4.69) is 5.32 Å². The van der Waals surface area contributed by atoms with E-state index in [0.717, 1.165) is 31.2 Å². The molecule has 17 heavy (non-hydrogen) atoms. The Labute approximate surface area is 101 Å². The molecule has 0 atom stereocenters. The quantitative estimate of drug-likeness (QED) is 0.832. The monoisotopic (exact) mass is 235 g/mol. The molecule has 1 aromatic carbocycles. The van der Waals surface area contributed by atoms with Gasteiger partial charge in [0.1, 0.15) is 5.82 Å². The summed E-state index contributed by atoms with van der Waals surface area (Å²) in [6, 6.07) is 4.62. The molecule has 1 fully saturated rings. The van der Waals surface area contributed by atoms with Crippen molar-refractivity contribution in [2.45, 2.75) is 39.0 Å². The number of carbonyl (C=O) groups excluding carboxylic acids is 1. The highest BCUT2D eigenvalue weighted by Crippen LogP contribution is 2.25. The molecule has 0 aliphatic heterocycles. The fraction of sp³-hybridized carbons (Fsp3) is 0.500. The van der Waals surface area contributed by atoms with Crippen molar-refractivity contribution in [1.29, 1.82) is 0 Å². The zero-order valence-corrected chi connectivity index (χ0v) is 10.1. The molecule has 0 unspecified atom stereocenters. The van der Waals surface area contributed by atoms with E-state index in [9.17, 15) is 9.18 Å². The standard InChI is InChI=1S/C14H18FNO/c1-10-7-12(15)9-13(8-10)16-14(17)11-5-3-2-4-6-11/h7-9,11H,2-6H2,1H3,(H,16,17). The maximum absolute atomic E-state index is 13.2. The van der Waals surface area contributed by atoms with Gasteiger partial charge >= 0.3 is 0 Å². The molecule has 2 rings (SSSR count). The van der Waals surface area contributed by atoms with Crippen molar-refractivity contribution in [3.63, 3.8) is 0 Å². The fourth-order valence-electron chi connectivity index (χ4n) is 2.42. The van der Waals surface area contributed by atoms with Crippen LogP contribution in [0.5, 0.6) is 0 Å². The number of amides is 1. The lowest BCUT2D eigenvalue weighted by Gasteiger charge is -2.20. The molecule has 2 nitrogen and oxygen atoms in total. The topological polar surface area (TPSA) is 29.1 Å². The summed E-state index contributed by atoms with van der Waals surface area (Å²) in [5, 5.41) is 2.81. The van der Waals surface area contributed by atoms with Gasteiger partial charge in [0, 0.05) is 11.6 Å². The van der Waals surface area contributed by atoms with Crippen LogP contribution >= 0.6 is 0 Å². The molecule has 0 aromatic heterocycles. The predicted molar refractivity (Wildman–Crippen MR) is 66.3 cm³/mol. The Balaban J connectivity index is 2.01. The molecule has 0 radical (unpaired) electrons. The minimum absolute atomic E-state index is 0.0368. The Morgan fingerprint density at radius 1 is 1.24 bits per heavy atom. The van der Waals surface area contributed by atoms with Crippen molar-refractivity contribution in [3.05, 3.63) is 29.6 Å². The third kappa shape index (κ3) is 3.29. The normalized spacial score (nSPS) is 16.8. The first kappa shape index (κ1) is 12.1. The van der Waals surface area contributed by atoms with Crippen molar-refractivity contribution in [2.24, 2.45) is 5.92 Å². The van der Waals surface area contributed by atoms with E-state index in [1.165, 1.54) is 18.6 Å². The molecule has 0 saturated heterocycles. The number of nitrogens with one attached hydrogen (secondary N) is 1. The molecular weight excluding hydrogens is 217 g/mol. The van der Waals surface area contributed by atoms with Gasteiger partial charge in [0.25, 0.3) is 0 Å². The van der Waals surface area contributed by atoms with E-state index in [4.69, 9.17) is 0 Å². The smallest absolute Gasteiger partial charge is 0.227 e. The maximum Gasteiger partial charge on any atom is 0.227 e. The van der Waals surface area contributed by atoms with Crippen LogP contribution in [0.1, 0.15) is 37.7 Å². The third-order valence-electron chi connectivity index (χ3n) is 3.29. The van der Waals surface area contributed by atoms with Gasteiger partial charge in [0.2, 0.25) is 5.91 Å². The number of hydrogen-bond donors (Lipinski definition) is 1. The van der Waals surface area contributed by atoms with Crippen LogP contribution in [0, 0.1) is 18.7 Å². The predicted octanol–water partition coefficient (Wildman–Crippen LogP) is 3.65. The number of anilines is 1. The molecule has 0 spiro atoms. The fourth-order valence-corrected chi connectivity index (χ4v) is 2.42. The zero-order chi connectivity index (χ0) is 12.3. The summed E-state index contributed by atoms with van der Waals surface area (Å²) in [6.45, 7) is 1.82. The van der Waals surface area contributed by atoms with Crippen LogP contribution in [-0.4, -0.2) is 5.91 Å². The van der Waals surface area contributed by atoms with Crippen molar-refractivity contribution < 1.29 is 9.18 Å². The van der Waals surface area contributed by atoms with Gasteiger partial charge < -0.3 is 5.32 Å². The number of hydrogen-bond acceptors (Lipinski definition) is 1. The van der Waals surface area contributed by atoms with E-state index < -0.39 is 0 Å². The number of aryl methyl sites for hydroxylation is 1. The maximum atomic E-state index is 13.2. The summed E-state index contributed by atoms with van der Waals surface area (Å²) in [7, 11) is 0. The second kappa shape index (κ2) is 5.30. The van der Waals surface area contributed by atoms with Gasteiger partial charge in [-0.1, -0.05) is 19.3 Å². The lowest BCUT2D eigenvalue weighted by molar-refractivity contribution is -0.120. The molecule has 1 saturated carbocycles. The van der Waals surface area contributed by atoms with Crippen molar-refractivity contribution in [1.82, 2.24) is 0 Å². The van der Waals surface area contributed by atoms with E-state index in [-0.39, 0.29) is 17.6 Å².